The molecule has 0 aliphatic carbocycles. The summed E-state index contributed by atoms with van der Waals surface area (Å²) in [7, 11) is 1.72. The molecule has 1 rings (SSSR count). The molecule has 1 aliphatic heterocycles. The van der Waals surface area contributed by atoms with E-state index in [1.165, 1.54) is 0 Å². The fourth-order valence-electron chi connectivity index (χ4n) is 2.11. The zero-order chi connectivity index (χ0) is 13.2. The summed E-state index contributed by atoms with van der Waals surface area (Å²) in [6, 6.07) is 0. The van der Waals surface area contributed by atoms with E-state index in [0.29, 0.717) is 18.1 Å². The molecule has 0 saturated carbocycles. The minimum atomic E-state index is 0.290. The number of hydrogen-bond acceptors (Lipinski definition) is 4. The summed E-state index contributed by atoms with van der Waals surface area (Å²) < 4.78 is 16.5. The lowest BCUT2D eigenvalue weighted by Gasteiger charge is -2.15. The van der Waals surface area contributed by atoms with Crippen LogP contribution in [0.3, 0.4) is 0 Å². The van der Waals surface area contributed by atoms with Crippen molar-refractivity contribution in [2.75, 3.05) is 40.0 Å². The number of nitrogens with one attached hydrogen (secondary N) is 1. The van der Waals surface area contributed by atoms with Gasteiger partial charge in [-0.15, -0.1) is 0 Å². The molecule has 0 bridgehead atoms. The SMILES string of the molecule is COCCCOCC1CCC(CNCC(C)C)O1. The number of hydrogen-bond donors (Lipinski definition) is 1. The summed E-state index contributed by atoms with van der Waals surface area (Å²) in [5, 5.41) is 3.45. The van der Waals surface area contributed by atoms with Crippen LogP contribution in [-0.4, -0.2) is 52.2 Å². The van der Waals surface area contributed by atoms with Gasteiger partial charge in [0.05, 0.1) is 18.8 Å². The van der Waals surface area contributed by atoms with Gasteiger partial charge in [0.25, 0.3) is 0 Å². The van der Waals surface area contributed by atoms with Gasteiger partial charge in [-0.05, 0) is 31.7 Å². The fourth-order valence-corrected chi connectivity index (χ4v) is 2.11. The van der Waals surface area contributed by atoms with Crippen molar-refractivity contribution >= 4 is 0 Å². The van der Waals surface area contributed by atoms with Gasteiger partial charge in [-0.25, -0.2) is 0 Å². The molecule has 0 aromatic rings. The molecule has 18 heavy (non-hydrogen) atoms. The molecule has 108 valence electrons. The molecule has 0 spiro atoms. The molecule has 2 atom stereocenters. The first-order valence-corrected chi connectivity index (χ1v) is 7.15. The van der Waals surface area contributed by atoms with Crippen LogP contribution in [0.1, 0.15) is 33.1 Å². The van der Waals surface area contributed by atoms with Crippen LogP contribution < -0.4 is 5.32 Å². The van der Waals surface area contributed by atoms with Crippen molar-refractivity contribution in [3.63, 3.8) is 0 Å². The lowest BCUT2D eigenvalue weighted by molar-refractivity contribution is -0.0174. The van der Waals surface area contributed by atoms with Crippen LogP contribution in [0.5, 0.6) is 0 Å². The molecule has 1 saturated heterocycles. The largest absolute Gasteiger partial charge is 0.385 e. The zero-order valence-corrected chi connectivity index (χ0v) is 12.1. The van der Waals surface area contributed by atoms with Crippen molar-refractivity contribution in [1.29, 1.82) is 0 Å². The second-order valence-corrected chi connectivity index (χ2v) is 5.43. The molecule has 0 aromatic carbocycles. The lowest BCUT2D eigenvalue weighted by Crippen LogP contribution is -2.30. The van der Waals surface area contributed by atoms with Crippen LogP contribution in [0, 0.1) is 5.92 Å². The molecule has 0 radical (unpaired) electrons. The third-order valence-electron chi connectivity index (χ3n) is 3.06. The standard InChI is InChI=1S/C14H29NO3/c1-12(2)9-15-10-13-5-6-14(18-13)11-17-8-4-7-16-3/h12-15H,4-11H2,1-3H3. The van der Waals surface area contributed by atoms with E-state index in [9.17, 15) is 0 Å². The van der Waals surface area contributed by atoms with Crippen molar-refractivity contribution in [3.05, 3.63) is 0 Å². The van der Waals surface area contributed by atoms with Gasteiger partial charge >= 0.3 is 0 Å². The molecular weight excluding hydrogens is 230 g/mol. The zero-order valence-electron chi connectivity index (χ0n) is 12.1. The Balaban J connectivity index is 1.96. The molecule has 1 N–H and O–H groups in total. The van der Waals surface area contributed by atoms with Crippen LogP contribution in [0.25, 0.3) is 0 Å². The van der Waals surface area contributed by atoms with E-state index in [0.717, 1.165) is 52.2 Å². The Bertz CT molecular complexity index is 199. The molecule has 1 heterocycles. The highest BCUT2D eigenvalue weighted by Gasteiger charge is 2.24. The van der Waals surface area contributed by atoms with Crippen molar-refractivity contribution in [2.24, 2.45) is 5.92 Å². The van der Waals surface area contributed by atoms with Gasteiger partial charge < -0.3 is 19.5 Å². The van der Waals surface area contributed by atoms with Crippen LogP contribution in [0.2, 0.25) is 0 Å². The predicted molar refractivity (Wildman–Crippen MR) is 72.9 cm³/mol. The maximum atomic E-state index is 5.93. The normalized spacial score (nSPS) is 24.0. The van der Waals surface area contributed by atoms with Crippen molar-refractivity contribution in [1.82, 2.24) is 5.32 Å². The second kappa shape index (κ2) is 9.73. The van der Waals surface area contributed by atoms with Gasteiger partial charge in [0, 0.05) is 26.9 Å². The summed E-state index contributed by atoms with van der Waals surface area (Å²) in [5.41, 5.74) is 0. The molecule has 0 aromatic heterocycles. The van der Waals surface area contributed by atoms with E-state index in [4.69, 9.17) is 14.2 Å². The van der Waals surface area contributed by atoms with Crippen LogP contribution in [-0.2, 0) is 14.2 Å². The molecule has 4 heteroatoms. The van der Waals surface area contributed by atoms with Crippen LogP contribution in [0.4, 0.5) is 0 Å². The predicted octanol–water partition coefficient (Wildman–Crippen LogP) is 1.83. The Morgan fingerprint density at radius 1 is 1.22 bits per heavy atom. The van der Waals surface area contributed by atoms with Crippen LogP contribution >= 0.6 is 0 Å². The van der Waals surface area contributed by atoms with Gasteiger partial charge in [-0.1, -0.05) is 13.8 Å². The molecule has 4 nitrogen and oxygen atoms in total. The Labute approximate surface area is 111 Å². The number of ether oxygens (including phenoxy) is 3. The smallest absolute Gasteiger partial charge is 0.0813 e. The minimum absolute atomic E-state index is 0.290. The Morgan fingerprint density at radius 2 is 2.00 bits per heavy atom. The van der Waals surface area contributed by atoms with Gasteiger partial charge in [-0.2, -0.15) is 0 Å². The maximum absolute atomic E-state index is 5.93. The molecule has 0 amide bonds. The lowest BCUT2D eigenvalue weighted by atomic mass is 10.2. The first-order valence-electron chi connectivity index (χ1n) is 7.15. The Morgan fingerprint density at radius 3 is 2.72 bits per heavy atom. The van der Waals surface area contributed by atoms with E-state index in [1.54, 1.807) is 7.11 Å². The summed E-state index contributed by atoms with van der Waals surface area (Å²) >= 11 is 0. The monoisotopic (exact) mass is 259 g/mol. The summed E-state index contributed by atoms with van der Waals surface area (Å²) in [5.74, 6) is 0.700. The third kappa shape index (κ3) is 7.31. The van der Waals surface area contributed by atoms with Gasteiger partial charge in [0.15, 0.2) is 0 Å². The third-order valence-corrected chi connectivity index (χ3v) is 3.06. The van der Waals surface area contributed by atoms with E-state index < -0.39 is 0 Å². The molecule has 1 fully saturated rings. The van der Waals surface area contributed by atoms with Gasteiger partial charge in [0.2, 0.25) is 0 Å². The average molecular weight is 259 g/mol. The van der Waals surface area contributed by atoms with Crippen LogP contribution in [0.15, 0.2) is 0 Å². The first kappa shape index (κ1) is 15.9. The van der Waals surface area contributed by atoms with E-state index in [2.05, 4.69) is 19.2 Å². The quantitative estimate of drug-likeness (QED) is 0.608. The Kier molecular flexibility index (Phi) is 8.59. The van der Waals surface area contributed by atoms with Gasteiger partial charge in [0.1, 0.15) is 0 Å². The highest BCUT2D eigenvalue weighted by molar-refractivity contribution is 4.75. The maximum Gasteiger partial charge on any atom is 0.0813 e. The van der Waals surface area contributed by atoms with Crippen molar-refractivity contribution < 1.29 is 14.2 Å². The summed E-state index contributed by atoms with van der Waals surface area (Å²) in [4.78, 5) is 0. The van der Waals surface area contributed by atoms with E-state index in [1.807, 2.05) is 0 Å². The summed E-state index contributed by atoms with van der Waals surface area (Å²) in [6.45, 7) is 8.75. The molecule has 1 aliphatic rings. The fraction of sp³-hybridized carbons (Fsp3) is 1.00. The van der Waals surface area contributed by atoms with Crippen molar-refractivity contribution in [2.45, 2.75) is 45.3 Å². The highest BCUT2D eigenvalue weighted by Crippen LogP contribution is 2.19. The van der Waals surface area contributed by atoms with E-state index in [-0.39, 0.29) is 0 Å². The van der Waals surface area contributed by atoms with Crippen molar-refractivity contribution in [3.8, 4) is 0 Å². The molecule has 2 unspecified atom stereocenters. The Hall–Kier alpha value is -0.160. The highest BCUT2D eigenvalue weighted by atomic mass is 16.5. The minimum Gasteiger partial charge on any atom is -0.385 e. The summed E-state index contributed by atoms with van der Waals surface area (Å²) in [6.07, 6.45) is 3.90. The van der Waals surface area contributed by atoms with Gasteiger partial charge in [-0.3, -0.25) is 0 Å². The topological polar surface area (TPSA) is 39.7 Å². The number of rotatable bonds is 10. The molecular formula is C14H29NO3. The second-order valence-electron chi connectivity index (χ2n) is 5.43. The first-order chi connectivity index (χ1) is 8.72. The number of methoxy groups -OCH3 is 1. The average Bonchev–Trinajstić information content (AvgIpc) is 2.76. The van der Waals surface area contributed by atoms with E-state index >= 15 is 0 Å².